The van der Waals surface area contributed by atoms with Gasteiger partial charge in [0.05, 0.1) is 18.6 Å². The Kier molecular flexibility index (Phi) is 4.11. The summed E-state index contributed by atoms with van der Waals surface area (Å²) in [6, 6.07) is 2.35. The fourth-order valence-corrected chi connectivity index (χ4v) is 2.64. The zero-order valence-corrected chi connectivity index (χ0v) is 11.3. The Morgan fingerprint density at radius 1 is 1.44 bits per heavy atom. The van der Waals surface area contributed by atoms with Crippen LogP contribution in [0.25, 0.3) is 0 Å². The first-order valence-corrected chi connectivity index (χ1v) is 6.93. The lowest BCUT2D eigenvalue weighted by atomic mass is 9.79. The molecule has 2 aliphatic rings. The van der Waals surface area contributed by atoms with Crippen LogP contribution in [0.2, 0.25) is 0 Å². The van der Waals surface area contributed by atoms with Crippen molar-refractivity contribution in [3.8, 4) is 6.07 Å². The van der Waals surface area contributed by atoms with Crippen molar-refractivity contribution < 1.29 is 9.53 Å². The van der Waals surface area contributed by atoms with Gasteiger partial charge in [-0.1, -0.05) is 13.8 Å². The lowest BCUT2D eigenvalue weighted by Crippen LogP contribution is -2.45. The van der Waals surface area contributed by atoms with E-state index in [1.54, 1.807) is 4.90 Å². The van der Waals surface area contributed by atoms with E-state index in [-0.39, 0.29) is 12.0 Å². The summed E-state index contributed by atoms with van der Waals surface area (Å²) in [6.45, 7) is 6.11. The van der Waals surface area contributed by atoms with Gasteiger partial charge in [0.25, 0.3) is 0 Å². The molecule has 4 nitrogen and oxygen atoms in total. The van der Waals surface area contributed by atoms with Crippen molar-refractivity contribution in [3.63, 3.8) is 0 Å². The van der Waals surface area contributed by atoms with Crippen molar-refractivity contribution >= 4 is 6.09 Å². The van der Waals surface area contributed by atoms with Crippen LogP contribution in [0.3, 0.4) is 0 Å². The molecule has 1 saturated carbocycles. The van der Waals surface area contributed by atoms with Crippen molar-refractivity contribution in [3.05, 3.63) is 0 Å². The highest BCUT2D eigenvalue weighted by Crippen LogP contribution is 2.31. The summed E-state index contributed by atoms with van der Waals surface area (Å²) in [6.07, 6.45) is 3.05. The molecule has 18 heavy (non-hydrogen) atoms. The predicted molar refractivity (Wildman–Crippen MR) is 67.7 cm³/mol. The first-order chi connectivity index (χ1) is 8.61. The van der Waals surface area contributed by atoms with Gasteiger partial charge in [0.15, 0.2) is 0 Å². The second kappa shape index (κ2) is 5.60. The summed E-state index contributed by atoms with van der Waals surface area (Å²) in [4.78, 5) is 13.6. The molecule has 4 heteroatoms. The molecule has 1 amide bonds. The van der Waals surface area contributed by atoms with Gasteiger partial charge in [0.2, 0.25) is 0 Å². The van der Waals surface area contributed by atoms with Gasteiger partial charge >= 0.3 is 6.09 Å². The normalized spacial score (nSPS) is 28.0. The van der Waals surface area contributed by atoms with Crippen molar-refractivity contribution in [1.82, 2.24) is 4.90 Å². The number of carbonyl (C=O) groups excluding carboxylic acids is 1. The second-order valence-corrected chi connectivity index (χ2v) is 5.90. The molecule has 0 N–H and O–H groups in total. The number of carbonyl (C=O) groups is 1. The van der Waals surface area contributed by atoms with E-state index in [0.29, 0.717) is 30.9 Å². The molecule has 0 radical (unpaired) electrons. The van der Waals surface area contributed by atoms with E-state index < -0.39 is 0 Å². The Morgan fingerprint density at radius 2 is 2.17 bits per heavy atom. The maximum absolute atomic E-state index is 11.9. The molecule has 0 spiro atoms. The van der Waals surface area contributed by atoms with Crippen LogP contribution in [0.4, 0.5) is 4.79 Å². The van der Waals surface area contributed by atoms with Gasteiger partial charge in [-0.3, -0.25) is 0 Å². The van der Waals surface area contributed by atoms with Gasteiger partial charge in [-0.2, -0.15) is 5.26 Å². The third kappa shape index (κ3) is 3.16. The summed E-state index contributed by atoms with van der Waals surface area (Å²) in [5, 5.41) is 9.21. The molecule has 0 aromatic rings. The number of nitrogens with zero attached hydrogens (tertiary/aromatic N) is 2. The van der Waals surface area contributed by atoms with Crippen molar-refractivity contribution in [2.24, 2.45) is 23.7 Å². The van der Waals surface area contributed by atoms with Gasteiger partial charge in [0.1, 0.15) is 0 Å². The summed E-state index contributed by atoms with van der Waals surface area (Å²) >= 11 is 0. The molecule has 1 saturated heterocycles. The molecule has 100 valence electrons. The Hall–Kier alpha value is -1.24. The Labute approximate surface area is 109 Å². The molecule has 1 aliphatic heterocycles. The monoisotopic (exact) mass is 250 g/mol. The van der Waals surface area contributed by atoms with Crippen LogP contribution < -0.4 is 0 Å². The molecule has 1 aliphatic carbocycles. The molecular formula is C14H22N2O2. The van der Waals surface area contributed by atoms with Gasteiger partial charge in [0, 0.05) is 13.1 Å². The van der Waals surface area contributed by atoms with Crippen LogP contribution >= 0.6 is 0 Å². The standard InChI is InChI=1S/C14H22N2O2/c1-10(2)13-5-6-16(8-12(13)7-15)14(17)18-9-11-3-4-11/h10-13H,3-6,8-9H2,1-2H3. The summed E-state index contributed by atoms with van der Waals surface area (Å²) in [5.41, 5.74) is 0. The number of piperidine rings is 1. The van der Waals surface area contributed by atoms with Crippen molar-refractivity contribution in [2.75, 3.05) is 19.7 Å². The van der Waals surface area contributed by atoms with Crippen molar-refractivity contribution in [1.29, 1.82) is 5.26 Å². The zero-order valence-electron chi connectivity index (χ0n) is 11.3. The largest absolute Gasteiger partial charge is 0.449 e. The van der Waals surface area contributed by atoms with Crippen LogP contribution in [-0.4, -0.2) is 30.7 Å². The number of nitriles is 1. The molecule has 0 bridgehead atoms. The Balaban J connectivity index is 1.84. The van der Waals surface area contributed by atoms with Crippen LogP contribution in [-0.2, 0) is 4.74 Å². The number of rotatable bonds is 3. The van der Waals surface area contributed by atoms with E-state index in [4.69, 9.17) is 4.74 Å². The minimum Gasteiger partial charge on any atom is -0.449 e. The van der Waals surface area contributed by atoms with Gasteiger partial charge in [-0.15, -0.1) is 0 Å². The van der Waals surface area contributed by atoms with Gasteiger partial charge in [-0.25, -0.2) is 4.79 Å². The summed E-state index contributed by atoms with van der Waals surface area (Å²) < 4.78 is 5.27. The average molecular weight is 250 g/mol. The van der Waals surface area contributed by atoms with E-state index >= 15 is 0 Å². The van der Waals surface area contributed by atoms with Gasteiger partial charge in [-0.05, 0) is 37.0 Å². The first kappa shape index (κ1) is 13.2. The molecule has 1 heterocycles. The smallest absolute Gasteiger partial charge is 0.409 e. The SMILES string of the molecule is CC(C)C1CCN(C(=O)OCC2CC2)CC1C#N. The fourth-order valence-electron chi connectivity index (χ4n) is 2.64. The van der Waals surface area contributed by atoms with Crippen LogP contribution in [0.15, 0.2) is 0 Å². The lowest BCUT2D eigenvalue weighted by Gasteiger charge is -2.36. The van der Waals surface area contributed by atoms with Crippen molar-refractivity contribution in [2.45, 2.75) is 33.1 Å². The third-order valence-corrected chi connectivity index (χ3v) is 4.09. The maximum atomic E-state index is 11.9. The highest BCUT2D eigenvalue weighted by molar-refractivity contribution is 5.67. The summed E-state index contributed by atoms with van der Waals surface area (Å²) in [7, 11) is 0. The van der Waals surface area contributed by atoms with E-state index in [9.17, 15) is 10.1 Å². The van der Waals surface area contributed by atoms with E-state index in [0.717, 1.165) is 13.0 Å². The molecule has 2 rings (SSSR count). The highest BCUT2D eigenvalue weighted by atomic mass is 16.6. The minimum atomic E-state index is -0.232. The molecule has 2 atom stereocenters. The van der Waals surface area contributed by atoms with E-state index in [2.05, 4.69) is 19.9 Å². The van der Waals surface area contributed by atoms with E-state index in [1.165, 1.54) is 12.8 Å². The average Bonchev–Trinajstić information content (AvgIpc) is 3.19. The summed E-state index contributed by atoms with van der Waals surface area (Å²) in [5.74, 6) is 1.45. The van der Waals surface area contributed by atoms with Crippen LogP contribution in [0.1, 0.15) is 33.1 Å². The molecule has 0 aromatic carbocycles. The number of hydrogen-bond acceptors (Lipinski definition) is 3. The quantitative estimate of drug-likeness (QED) is 0.773. The third-order valence-electron chi connectivity index (χ3n) is 4.09. The van der Waals surface area contributed by atoms with Crippen LogP contribution in [0, 0.1) is 35.0 Å². The number of amides is 1. The lowest BCUT2D eigenvalue weighted by molar-refractivity contribution is 0.0677. The molecule has 0 aromatic heterocycles. The number of hydrogen-bond donors (Lipinski definition) is 0. The Bertz CT molecular complexity index is 344. The number of likely N-dealkylation sites (tertiary alicyclic amines) is 1. The fraction of sp³-hybridized carbons (Fsp3) is 0.857. The van der Waals surface area contributed by atoms with E-state index in [1.807, 2.05) is 0 Å². The molecule has 2 unspecified atom stereocenters. The number of ether oxygens (including phenoxy) is 1. The maximum Gasteiger partial charge on any atom is 0.409 e. The Morgan fingerprint density at radius 3 is 2.72 bits per heavy atom. The second-order valence-electron chi connectivity index (χ2n) is 5.90. The topological polar surface area (TPSA) is 53.3 Å². The molecule has 2 fully saturated rings. The minimum absolute atomic E-state index is 0.0489. The zero-order chi connectivity index (χ0) is 13.1. The first-order valence-electron chi connectivity index (χ1n) is 6.93. The van der Waals surface area contributed by atoms with Crippen LogP contribution in [0.5, 0.6) is 0 Å². The highest BCUT2D eigenvalue weighted by Gasteiger charge is 2.34. The van der Waals surface area contributed by atoms with Gasteiger partial charge < -0.3 is 9.64 Å². The predicted octanol–water partition coefficient (Wildman–Crippen LogP) is 2.65. The molecular weight excluding hydrogens is 228 g/mol.